The molecule has 0 heteroatoms. The average molecular weight is 269 g/mol. The predicted molar refractivity (Wildman–Crippen MR) is 89.7 cm³/mol. The number of hydrogen-bond acceptors (Lipinski definition) is 0. The zero-order chi connectivity index (χ0) is 14.3. The van der Waals surface area contributed by atoms with Crippen LogP contribution in [0.1, 0.15) is 111 Å². The summed E-state index contributed by atoms with van der Waals surface area (Å²) in [5.74, 6) is 1.87. The largest absolute Gasteiger partial charge is 0.0654 e. The van der Waals surface area contributed by atoms with Crippen LogP contribution in [0.4, 0.5) is 0 Å². The zero-order valence-corrected chi connectivity index (χ0v) is 14.3. The van der Waals surface area contributed by atoms with Crippen molar-refractivity contribution in [2.24, 2.45) is 11.8 Å². The van der Waals surface area contributed by atoms with E-state index < -0.39 is 0 Å². The standard InChI is InChI=1S/C19H40/c1-5-6-7-13-16-19(4)17-14-11-9-8-10-12-15-18(2)3/h18-19H,5-17H2,1-4H3. The molecule has 0 aliphatic rings. The van der Waals surface area contributed by atoms with Gasteiger partial charge in [-0.05, 0) is 11.8 Å². The van der Waals surface area contributed by atoms with Crippen molar-refractivity contribution in [3.05, 3.63) is 0 Å². The minimum absolute atomic E-state index is 0.897. The molecule has 0 saturated carbocycles. The molecule has 0 radical (unpaired) electrons. The fourth-order valence-corrected chi connectivity index (χ4v) is 2.82. The summed E-state index contributed by atoms with van der Waals surface area (Å²) in [4.78, 5) is 0. The van der Waals surface area contributed by atoms with Gasteiger partial charge in [-0.1, -0.05) is 111 Å². The number of unbranched alkanes of at least 4 members (excludes halogenated alkanes) is 8. The lowest BCUT2D eigenvalue weighted by Crippen LogP contribution is -1.95. The monoisotopic (exact) mass is 268 g/mol. The molecule has 1 atom stereocenters. The minimum Gasteiger partial charge on any atom is -0.0654 e. The molecule has 0 amide bonds. The maximum absolute atomic E-state index is 2.45. The summed E-state index contributed by atoms with van der Waals surface area (Å²) in [6, 6.07) is 0. The second kappa shape index (κ2) is 14.4. The van der Waals surface area contributed by atoms with Crippen molar-refractivity contribution in [3.8, 4) is 0 Å². The van der Waals surface area contributed by atoms with Crippen LogP contribution in [0, 0.1) is 11.8 Å². The summed E-state index contributed by atoms with van der Waals surface area (Å²) in [5, 5.41) is 0. The van der Waals surface area contributed by atoms with Crippen LogP contribution in [0.5, 0.6) is 0 Å². The van der Waals surface area contributed by atoms with Crippen LogP contribution in [-0.2, 0) is 0 Å². The molecule has 0 heterocycles. The predicted octanol–water partition coefficient (Wildman–Crippen LogP) is 7.37. The average Bonchev–Trinajstić information content (AvgIpc) is 2.37. The first-order valence-corrected chi connectivity index (χ1v) is 9.16. The maximum Gasteiger partial charge on any atom is -0.0443 e. The Labute approximate surface area is 123 Å². The van der Waals surface area contributed by atoms with E-state index in [9.17, 15) is 0 Å². The van der Waals surface area contributed by atoms with E-state index in [0.717, 1.165) is 11.8 Å². The van der Waals surface area contributed by atoms with Crippen molar-refractivity contribution in [1.82, 2.24) is 0 Å². The molecule has 19 heavy (non-hydrogen) atoms. The second-order valence-corrected chi connectivity index (χ2v) is 7.05. The smallest absolute Gasteiger partial charge is 0.0443 e. The van der Waals surface area contributed by atoms with E-state index in [2.05, 4.69) is 27.7 Å². The van der Waals surface area contributed by atoms with Crippen molar-refractivity contribution in [1.29, 1.82) is 0 Å². The molecule has 0 bridgehead atoms. The van der Waals surface area contributed by atoms with E-state index in [1.807, 2.05) is 0 Å². The van der Waals surface area contributed by atoms with Gasteiger partial charge in [-0.2, -0.15) is 0 Å². The number of hydrogen-bond donors (Lipinski definition) is 0. The molecular formula is C19H40. The zero-order valence-electron chi connectivity index (χ0n) is 14.3. The van der Waals surface area contributed by atoms with Crippen LogP contribution >= 0.6 is 0 Å². The van der Waals surface area contributed by atoms with Crippen molar-refractivity contribution >= 4 is 0 Å². The highest BCUT2D eigenvalue weighted by Gasteiger charge is 2.02. The van der Waals surface area contributed by atoms with Gasteiger partial charge in [0.05, 0.1) is 0 Å². The lowest BCUT2D eigenvalue weighted by Gasteiger charge is -2.10. The first kappa shape index (κ1) is 19.0. The van der Waals surface area contributed by atoms with Gasteiger partial charge in [0.1, 0.15) is 0 Å². The second-order valence-electron chi connectivity index (χ2n) is 7.05. The lowest BCUT2D eigenvalue weighted by molar-refractivity contribution is 0.431. The normalized spacial score (nSPS) is 13.1. The highest BCUT2D eigenvalue weighted by Crippen LogP contribution is 2.18. The maximum atomic E-state index is 2.45. The Bertz CT molecular complexity index is 159. The third-order valence-electron chi connectivity index (χ3n) is 4.28. The summed E-state index contributed by atoms with van der Waals surface area (Å²) >= 11 is 0. The molecule has 0 rings (SSSR count). The molecule has 0 fully saturated rings. The third-order valence-corrected chi connectivity index (χ3v) is 4.28. The topological polar surface area (TPSA) is 0 Å². The Morgan fingerprint density at radius 3 is 1.42 bits per heavy atom. The first-order valence-electron chi connectivity index (χ1n) is 9.16. The third kappa shape index (κ3) is 15.9. The minimum atomic E-state index is 0.897. The SMILES string of the molecule is CCCCCCC(C)CCCCCCCCC(C)C. The fraction of sp³-hybridized carbons (Fsp3) is 1.00. The van der Waals surface area contributed by atoms with E-state index in [1.54, 1.807) is 0 Å². The van der Waals surface area contributed by atoms with Gasteiger partial charge in [0.2, 0.25) is 0 Å². The molecule has 0 aliphatic carbocycles. The summed E-state index contributed by atoms with van der Waals surface area (Å²) in [6.45, 7) is 9.42. The van der Waals surface area contributed by atoms with Gasteiger partial charge in [-0.25, -0.2) is 0 Å². The summed E-state index contributed by atoms with van der Waals surface area (Å²) in [6.07, 6.45) is 18.9. The van der Waals surface area contributed by atoms with Crippen LogP contribution in [0.25, 0.3) is 0 Å². The molecule has 116 valence electrons. The van der Waals surface area contributed by atoms with E-state index in [0.29, 0.717) is 0 Å². The molecule has 1 unspecified atom stereocenters. The Hall–Kier alpha value is 0. The number of rotatable bonds is 14. The molecule has 0 aromatic rings. The van der Waals surface area contributed by atoms with Crippen molar-refractivity contribution in [3.63, 3.8) is 0 Å². The van der Waals surface area contributed by atoms with Crippen LogP contribution in [0.3, 0.4) is 0 Å². The Morgan fingerprint density at radius 2 is 0.947 bits per heavy atom. The van der Waals surface area contributed by atoms with Crippen molar-refractivity contribution in [2.45, 2.75) is 111 Å². The van der Waals surface area contributed by atoms with Gasteiger partial charge in [0.25, 0.3) is 0 Å². The summed E-state index contributed by atoms with van der Waals surface area (Å²) in [7, 11) is 0. The molecule has 0 aliphatic heterocycles. The van der Waals surface area contributed by atoms with E-state index in [1.165, 1.54) is 83.5 Å². The highest BCUT2D eigenvalue weighted by atomic mass is 14.1. The van der Waals surface area contributed by atoms with Crippen LogP contribution in [-0.4, -0.2) is 0 Å². The molecule has 0 saturated heterocycles. The van der Waals surface area contributed by atoms with Crippen LogP contribution in [0.15, 0.2) is 0 Å². The molecule has 0 N–H and O–H groups in total. The van der Waals surface area contributed by atoms with E-state index in [-0.39, 0.29) is 0 Å². The fourth-order valence-electron chi connectivity index (χ4n) is 2.82. The highest BCUT2D eigenvalue weighted by molar-refractivity contribution is 4.55. The van der Waals surface area contributed by atoms with E-state index >= 15 is 0 Å². The van der Waals surface area contributed by atoms with Crippen molar-refractivity contribution < 1.29 is 0 Å². The summed E-state index contributed by atoms with van der Waals surface area (Å²) in [5.41, 5.74) is 0. The van der Waals surface area contributed by atoms with Gasteiger partial charge in [-0.15, -0.1) is 0 Å². The Kier molecular flexibility index (Phi) is 14.4. The Balaban J connectivity index is 3.12. The van der Waals surface area contributed by atoms with Gasteiger partial charge >= 0.3 is 0 Å². The molecule has 0 spiro atoms. The lowest BCUT2D eigenvalue weighted by atomic mass is 9.96. The summed E-state index contributed by atoms with van der Waals surface area (Å²) < 4.78 is 0. The molecule has 0 nitrogen and oxygen atoms in total. The van der Waals surface area contributed by atoms with Gasteiger partial charge < -0.3 is 0 Å². The van der Waals surface area contributed by atoms with Gasteiger partial charge in [-0.3, -0.25) is 0 Å². The Morgan fingerprint density at radius 1 is 0.526 bits per heavy atom. The quantitative estimate of drug-likeness (QED) is 0.288. The van der Waals surface area contributed by atoms with Gasteiger partial charge in [0, 0.05) is 0 Å². The molecular weight excluding hydrogens is 228 g/mol. The first-order chi connectivity index (χ1) is 9.16. The molecule has 0 aromatic heterocycles. The van der Waals surface area contributed by atoms with Crippen LogP contribution < -0.4 is 0 Å². The van der Waals surface area contributed by atoms with Gasteiger partial charge in [0.15, 0.2) is 0 Å². The van der Waals surface area contributed by atoms with Crippen LogP contribution in [0.2, 0.25) is 0 Å². The van der Waals surface area contributed by atoms with Crippen molar-refractivity contribution in [2.75, 3.05) is 0 Å². The van der Waals surface area contributed by atoms with E-state index in [4.69, 9.17) is 0 Å². The molecule has 0 aromatic carbocycles.